The van der Waals surface area contributed by atoms with Crippen LogP contribution in [-0.2, 0) is 19.0 Å². The third-order valence-corrected chi connectivity index (χ3v) is 6.88. The molecule has 5 atom stereocenters. The number of amides is 2. The highest BCUT2D eigenvalue weighted by Crippen LogP contribution is 2.29. The van der Waals surface area contributed by atoms with E-state index >= 15 is 0 Å². The van der Waals surface area contributed by atoms with Gasteiger partial charge in [-0.15, -0.1) is 0 Å². The average Bonchev–Trinajstić information content (AvgIpc) is 2.86. The summed E-state index contributed by atoms with van der Waals surface area (Å²) in [5.41, 5.74) is -0.165. The number of carbonyl (C=O) groups is 2. The van der Waals surface area contributed by atoms with Crippen LogP contribution in [0.3, 0.4) is 0 Å². The molecule has 3 rings (SSSR count). The smallest absolute Gasteiger partial charge is 0.270 e. The molecule has 35 heavy (non-hydrogen) atoms. The second-order valence-electron chi connectivity index (χ2n) is 9.19. The molecular weight excluding hydrogens is 458 g/mol. The molecule has 11 nitrogen and oxygen atoms in total. The number of nitro groups is 1. The van der Waals surface area contributed by atoms with Gasteiger partial charge in [0.15, 0.2) is 0 Å². The number of hydrogen-bond donors (Lipinski definition) is 0. The molecule has 0 spiro atoms. The van der Waals surface area contributed by atoms with Gasteiger partial charge in [0.2, 0.25) is 5.91 Å². The van der Waals surface area contributed by atoms with Crippen molar-refractivity contribution in [3.63, 3.8) is 0 Å². The second kappa shape index (κ2) is 11.8. The van der Waals surface area contributed by atoms with E-state index in [0.717, 1.165) is 12.8 Å². The van der Waals surface area contributed by atoms with Gasteiger partial charge in [-0.2, -0.15) is 0 Å². The van der Waals surface area contributed by atoms with Crippen LogP contribution < -0.4 is 4.74 Å². The highest BCUT2D eigenvalue weighted by atomic mass is 16.6. The van der Waals surface area contributed by atoms with Crippen molar-refractivity contribution < 1.29 is 33.5 Å². The Morgan fingerprint density at radius 1 is 1.06 bits per heavy atom. The summed E-state index contributed by atoms with van der Waals surface area (Å²) in [6, 6.07) is 3.94. The fourth-order valence-electron chi connectivity index (χ4n) is 4.61. The molecule has 1 fully saturated rings. The van der Waals surface area contributed by atoms with Crippen LogP contribution in [0, 0.1) is 16.0 Å². The van der Waals surface area contributed by atoms with Gasteiger partial charge in [0, 0.05) is 53.5 Å². The summed E-state index contributed by atoms with van der Waals surface area (Å²) in [7, 11) is 6.43. The molecule has 0 radical (unpaired) electrons. The lowest BCUT2D eigenvalue weighted by molar-refractivity contribution is -0.384. The zero-order valence-corrected chi connectivity index (χ0v) is 21.0. The Balaban J connectivity index is 1.98. The van der Waals surface area contributed by atoms with Crippen molar-refractivity contribution in [2.45, 2.75) is 50.6 Å². The van der Waals surface area contributed by atoms with Crippen LogP contribution in [0.15, 0.2) is 18.2 Å². The van der Waals surface area contributed by atoms with Gasteiger partial charge >= 0.3 is 0 Å². The highest BCUT2D eigenvalue weighted by molar-refractivity contribution is 5.97. The molecule has 0 aromatic heterocycles. The first-order valence-corrected chi connectivity index (χ1v) is 11.8. The molecule has 11 heteroatoms. The van der Waals surface area contributed by atoms with E-state index < -0.39 is 22.9 Å². The van der Waals surface area contributed by atoms with E-state index in [4.69, 9.17) is 18.9 Å². The molecule has 1 saturated heterocycles. The van der Waals surface area contributed by atoms with E-state index in [-0.39, 0.29) is 54.4 Å². The third kappa shape index (κ3) is 6.28. The van der Waals surface area contributed by atoms with Gasteiger partial charge in [-0.3, -0.25) is 19.7 Å². The van der Waals surface area contributed by atoms with E-state index in [1.807, 2.05) is 0 Å². The Labute approximate surface area is 205 Å². The highest BCUT2D eigenvalue weighted by Gasteiger charge is 2.34. The van der Waals surface area contributed by atoms with Crippen molar-refractivity contribution in [1.29, 1.82) is 0 Å². The molecule has 1 aromatic carbocycles. The predicted octanol–water partition coefficient (Wildman–Crippen LogP) is 2.12. The first-order chi connectivity index (χ1) is 16.7. The number of nitro benzene ring substituents is 1. The molecule has 0 N–H and O–H groups in total. The van der Waals surface area contributed by atoms with Crippen molar-refractivity contribution in [1.82, 2.24) is 9.80 Å². The maximum atomic E-state index is 13.4. The van der Waals surface area contributed by atoms with E-state index in [1.54, 1.807) is 33.0 Å². The van der Waals surface area contributed by atoms with Crippen molar-refractivity contribution in [2.75, 3.05) is 48.0 Å². The Hall–Kier alpha value is -2.76. The van der Waals surface area contributed by atoms with Crippen LogP contribution in [-0.4, -0.2) is 99.0 Å². The topological polar surface area (TPSA) is 121 Å². The summed E-state index contributed by atoms with van der Waals surface area (Å²) in [5.74, 6) is -0.854. The number of fused-ring (bicyclic) bond motifs is 3. The number of non-ortho nitro benzene ring substituents is 1. The van der Waals surface area contributed by atoms with E-state index in [1.165, 1.54) is 30.2 Å². The summed E-state index contributed by atoms with van der Waals surface area (Å²) in [6.45, 7) is 2.53. The number of rotatable bonds is 3. The number of benzene rings is 1. The lowest BCUT2D eigenvalue weighted by Gasteiger charge is -2.37. The van der Waals surface area contributed by atoms with Gasteiger partial charge in [0.05, 0.1) is 34.7 Å². The Bertz CT molecular complexity index is 926. The summed E-state index contributed by atoms with van der Waals surface area (Å²) >= 11 is 0. The van der Waals surface area contributed by atoms with Crippen LogP contribution in [0.5, 0.6) is 5.75 Å². The second-order valence-corrected chi connectivity index (χ2v) is 9.19. The van der Waals surface area contributed by atoms with Crippen molar-refractivity contribution in [3.05, 3.63) is 33.9 Å². The van der Waals surface area contributed by atoms with Gasteiger partial charge in [0.1, 0.15) is 18.5 Å². The average molecular weight is 494 g/mol. The fraction of sp³-hybridized carbons (Fsp3) is 0.667. The molecular formula is C24H35N3O8. The molecule has 2 aliphatic heterocycles. The number of methoxy groups -OCH3 is 2. The molecule has 2 amide bonds. The standard InChI is InChI=1S/C24H35N3O8/c1-15-21(33-5)13-26(3)24(29)18-12-16(27(30)31)6-8-19(18)34-14-22-20(32-4)9-7-17(35-22)10-11-25(2)23(15)28/h6,8,12,15,17,20-22H,7,9-11,13-14H2,1-5H3/t15-,17+,20-,21+,22-/m1/s1. The molecule has 2 aliphatic rings. The first-order valence-electron chi connectivity index (χ1n) is 11.8. The van der Waals surface area contributed by atoms with E-state index in [0.29, 0.717) is 13.0 Å². The van der Waals surface area contributed by atoms with Gasteiger partial charge in [-0.05, 0) is 25.3 Å². The Morgan fingerprint density at radius 2 is 1.77 bits per heavy atom. The van der Waals surface area contributed by atoms with E-state index in [9.17, 15) is 19.7 Å². The number of carbonyl (C=O) groups excluding carboxylic acids is 2. The van der Waals surface area contributed by atoms with Crippen LogP contribution in [0.2, 0.25) is 0 Å². The third-order valence-electron chi connectivity index (χ3n) is 6.88. The van der Waals surface area contributed by atoms with Gasteiger partial charge in [-0.1, -0.05) is 6.92 Å². The SMILES string of the molecule is CO[C@H]1CN(C)C(=O)c2cc([N+](=O)[O-])ccc2OC[C@H]2O[C@@H](CC[C@H]2OC)CCN(C)C(=O)[C@@H]1C. The summed E-state index contributed by atoms with van der Waals surface area (Å²) in [6.07, 6.45) is 1.01. The zero-order valence-electron chi connectivity index (χ0n) is 21.0. The van der Waals surface area contributed by atoms with Gasteiger partial charge < -0.3 is 28.7 Å². The van der Waals surface area contributed by atoms with Crippen LogP contribution >= 0.6 is 0 Å². The van der Waals surface area contributed by atoms with Crippen molar-refractivity contribution in [2.24, 2.45) is 5.92 Å². The molecule has 0 unspecified atom stereocenters. The minimum atomic E-state index is -0.562. The Morgan fingerprint density at radius 3 is 2.43 bits per heavy atom. The molecule has 1 aromatic rings. The Kier molecular flexibility index (Phi) is 9.03. The number of ether oxygens (including phenoxy) is 4. The molecule has 2 bridgehead atoms. The minimum Gasteiger partial charge on any atom is -0.490 e. The molecule has 0 aliphatic carbocycles. The normalized spacial score (nSPS) is 28.9. The minimum absolute atomic E-state index is 0.0565. The lowest BCUT2D eigenvalue weighted by Crippen LogP contribution is -2.47. The number of hydrogen-bond acceptors (Lipinski definition) is 8. The van der Waals surface area contributed by atoms with E-state index in [2.05, 4.69) is 0 Å². The first kappa shape index (κ1) is 26.8. The fourth-order valence-corrected chi connectivity index (χ4v) is 4.61. The molecule has 194 valence electrons. The predicted molar refractivity (Wildman–Crippen MR) is 126 cm³/mol. The molecule has 0 saturated carbocycles. The van der Waals surface area contributed by atoms with Crippen LogP contribution in [0.25, 0.3) is 0 Å². The van der Waals surface area contributed by atoms with Crippen molar-refractivity contribution in [3.8, 4) is 5.75 Å². The monoisotopic (exact) mass is 493 g/mol. The largest absolute Gasteiger partial charge is 0.490 e. The quantitative estimate of drug-likeness (QED) is 0.464. The van der Waals surface area contributed by atoms with Crippen molar-refractivity contribution >= 4 is 17.5 Å². The summed E-state index contributed by atoms with van der Waals surface area (Å²) in [5, 5.41) is 11.4. The van der Waals surface area contributed by atoms with Crippen LogP contribution in [0.1, 0.15) is 36.5 Å². The molecule has 2 heterocycles. The number of likely N-dealkylation sites (N-methyl/N-ethyl adjacent to an activating group) is 1. The summed E-state index contributed by atoms with van der Waals surface area (Å²) < 4.78 is 23.4. The van der Waals surface area contributed by atoms with Gasteiger partial charge in [0.25, 0.3) is 11.6 Å². The zero-order chi connectivity index (χ0) is 25.7. The lowest BCUT2D eigenvalue weighted by atomic mass is 9.98. The van der Waals surface area contributed by atoms with Gasteiger partial charge in [-0.25, -0.2) is 0 Å². The summed E-state index contributed by atoms with van der Waals surface area (Å²) in [4.78, 5) is 40.3. The number of nitrogens with zero attached hydrogens (tertiary/aromatic N) is 3. The maximum absolute atomic E-state index is 13.4. The van der Waals surface area contributed by atoms with Crippen LogP contribution in [0.4, 0.5) is 5.69 Å². The maximum Gasteiger partial charge on any atom is 0.270 e.